The number of carbonyl (C=O) groups is 1. The van der Waals surface area contributed by atoms with Crippen molar-refractivity contribution in [3.8, 4) is 0 Å². The van der Waals surface area contributed by atoms with Crippen molar-refractivity contribution in [1.82, 2.24) is 9.62 Å². The number of halogens is 1. The molecule has 7 heteroatoms. The molecule has 140 valence electrons. The Kier molecular flexibility index (Phi) is 6.88. The van der Waals surface area contributed by atoms with Gasteiger partial charge in [0, 0.05) is 25.7 Å². The number of sulfonamides is 1. The molecule has 0 radical (unpaired) electrons. The van der Waals surface area contributed by atoms with E-state index in [1.807, 2.05) is 6.92 Å². The van der Waals surface area contributed by atoms with Gasteiger partial charge in [-0.25, -0.2) is 17.5 Å². The van der Waals surface area contributed by atoms with Crippen molar-refractivity contribution < 1.29 is 17.6 Å². The molecular formula is C19H23FN2O3S. The summed E-state index contributed by atoms with van der Waals surface area (Å²) in [5.41, 5.74) is 0.880. The fraction of sp³-hybridized carbons (Fsp3) is 0.316. The van der Waals surface area contributed by atoms with Gasteiger partial charge in [0.2, 0.25) is 10.0 Å². The number of nitrogens with one attached hydrogen (secondary N) is 1. The molecule has 5 nitrogen and oxygen atoms in total. The summed E-state index contributed by atoms with van der Waals surface area (Å²) >= 11 is 0. The second-order valence-corrected chi connectivity index (χ2v) is 7.71. The van der Waals surface area contributed by atoms with Gasteiger partial charge in [-0.1, -0.05) is 24.3 Å². The molecule has 0 unspecified atom stereocenters. The molecule has 2 rings (SSSR count). The fourth-order valence-corrected chi connectivity index (χ4v) is 3.55. The minimum atomic E-state index is -3.73. The Balaban J connectivity index is 1.99. The van der Waals surface area contributed by atoms with Crippen molar-refractivity contribution in [2.24, 2.45) is 0 Å². The monoisotopic (exact) mass is 378 g/mol. The minimum absolute atomic E-state index is 0.0405. The molecule has 0 saturated heterocycles. The van der Waals surface area contributed by atoms with Crippen LogP contribution >= 0.6 is 0 Å². The van der Waals surface area contributed by atoms with E-state index >= 15 is 0 Å². The molecule has 2 aromatic rings. The lowest BCUT2D eigenvalue weighted by molar-refractivity contribution is 0.0802. The summed E-state index contributed by atoms with van der Waals surface area (Å²) in [6.07, 6.45) is 0.909. The summed E-state index contributed by atoms with van der Waals surface area (Å²) in [6, 6.07) is 12.4. The molecule has 0 saturated carbocycles. The number of aryl methyl sites for hydroxylation is 1. The van der Waals surface area contributed by atoms with Gasteiger partial charge in [0.25, 0.3) is 5.91 Å². The quantitative estimate of drug-likeness (QED) is 0.719. The summed E-state index contributed by atoms with van der Waals surface area (Å²) in [4.78, 5) is 13.7. The Labute approximate surface area is 153 Å². The molecule has 0 fully saturated rings. The number of hydrogen-bond donors (Lipinski definition) is 1. The summed E-state index contributed by atoms with van der Waals surface area (Å²) in [5.74, 6) is -0.522. The van der Waals surface area contributed by atoms with Gasteiger partial charge in [0.15, 0.2) is 0 Å². The lowest BCUT2D eigenvalue weighted by Gasteiger charge is -2.15. The van der Waals surface area contributed by atoms with Crippen LogP contribution in [0, 0.1) is 5.82 Å². The number of hydrogen-bond acceptors (Lipinski definition) is 3. The van der Waals surface area contributed by atoms with Crippen LogP contribution in [0.5, 0.6) is 0 Å². The van der Waals surface area contributed by atoms with E-state index in [2.05, 4.69) is 4.72 Å². The van der Waals surface area contributed by atoms with Crippen LogP contribution in [0.2, 0.25) is 0 Å². The molecule has 0 aromatic heterocycles. The highest BCUT2D eigenvalue weighted by Gasteiger charge is 2.17. The zero-order valence-electron chi connectivity index (χ0n) is 14.9. The van der Waals surface area contributed by atoms with Crippen molar-refractivity contribution in [1.29, 1.82) is 0 Å². The van der Waals surface area contributed by atoms with Crippen LogP contribution in [0.15, 0.2) is 53.4 Å². The topological polar surface area (TPSA) is 66.5 Å². The first kappa shape index (κ1) is 20.1. The number of nitrogens with zero attached hydrogens (tertiary/aromatic N) is 1. The average molecular weight is 378 g/mol. The van der Waals surface area contributed by atoms with Gasteiger partial charge < -0.3 is 4.90 Å². The molecular weight excluding hydrogens is 355 g/mol. The first-order valence-corrected chi connectivity index (χ1v) is 9.92. The van der Waals surface area contributed by atoms with Gasteiger partial charge in [0.05, 0.1) is 4.90 Å². The van der Waals surface area contributed by atoms with E-state index in [1.165, 1.54) is 23.1 Å². The number of carbonyl (C=O) groups excluding carboxylic acids is 1. The zero-order chi connectivity index (χ0) is 19.2. The molecule has 0 heterocycles. The van der Waals surface area contributed by atoms with Crippen LogP contribution in [0.3, 0.4) is 0 Å². The van der Waals surface area contributed by atoms with Crippen molar-refractivity contribution >= 4 is 15.9 Å². The highest BCUT2D eigenvalue weighted by atomic mass is 32.2. The maximum absolute atomic E-state index is 13.6. The van der Waals surface area contributed by atoms with Crippen molar-refractivity contribution in [3.63, 3.8) is 0 Å². The van der Waals surface area contributed by atoms with Crippen LogP contribution in [0.1, 0.15) is 29.3 Å². The molecule has 26 heavy (non-hydrogen) atoms. The van der Waals surface area contributed by atoms with E-state index in [9.17, 15) is 17.6 Å². The van der Waals surface area contributed by atoms with Crippen LogP contribution in [0.4, 0.5) is 4.39 Å². The average Bonchev–Trinajstić information content (AvgIpc) is 2.65. The third-order valence-electron chi connectivity index (χ3n) is 4.09. The summed E-state index contributed by atoms with van der Waals surface area (Å²) in [6.45, 7) is 2.56. The number of amides is 1. The molecule has 1 amide bonds. The Morgan fingerprint density at radius 2 is 1.88 bits per heavy atom. The lowest BCUT2D eigenvalue weighted by Crippen LogP contribution is -2.28. The molecule has 0 spiro atoms. The summed E-state index contributed by atoms with van der Waals surface area (Å²) in [5, 5.41) is 0. The van der Waals surface area contributed by atoms with E-state index in [0.717, 1.165) is 0 Å². The van der Waals surface area contributed by atoms with Crippen molar-refractivity contribution in [2.45, 2.75) is 24.7 Å². The van der Waals surface area contributed by atoms with Crippen LogP contribution in [-0.2, 0) is 16.4 Å². The Bertz CT molecular complexity index is 869. The van der Waals surface area contributed by atoms with Crippen LogP contribution in [-0.4, -0.2) is 39.4 Å². The smallest absolute Gasteiger partial charge is 0.253 e. The second-order valence-electron chi connectivity index (χ2n) is 5.94. The maximum Gasteiger partial charge on any atom is 0.253 e. The summed E-state index contributed by atoms with van der Waals surface area (Å²) < 4.78 is 40.9. The van der Waals surface area contributed by atoms with Crippen molar-refractivity contribution in [3.05, 3.63) is 65.5 Å². The second kappa shape index (κ2) is 8.91. The maximum atomic E-state index is 13.6. The number of rotatable bonds is 8. The lowest BCUT2D eigenvalue weighted by atomic mass is 10.1. The normalized spacial score (nSPS) is 11.3. The highest BCUT2D eigenvalue weighted by molar-refractivity contribution is 7.89. The van der Waals surface area contributed by atoms with Gasteiger partial charge in [-0.2, -0.15) is 0 Å². The first-order chi connectivity index (χ1) is 12.3. The first-order valence-electron chi connectivity index (χ1n) is 8.43. The SMILES string of the molecule is CCN(C)C(=O)c1cccc(S(=O)(=O)NCCCc2ccccc2F)c1. The molecule has 0 atom stereocenters. The largest absolute Gasteiger partial charge is 0.342 e. The van der Waals surface area contributed by atoms with Crippen LogP contribution < -0.4 is 4.72 Å². The molecule has 1 N–H and O–H groups in total. The third-order valence-corrected chi connectivity index (χ3v) is 5.54. The predicted molar refractivity (Wildman–Crippen MR) is 99.0 cm³/mol. The Morgan fingerprint density at radius 3 is 2.58 bits per heavy atom. The van der Waals surface area contributed by atoms with E-state index in [-0.39, 0.29) is 23.2 Å². The minimum Gasteiger partial charge on any atom is -0.342 e. The van der Waals surface area contributed by atoms with Crippen LogP contribution in [0.25, 0.3) is 0 Å². The molecule has 2 aromatic carbocycles. The molecule has 0 aliphatic carbocycles. The Morgan fingerprint density at radius 1 is 1.15 bits per heavy atom. The zero-order valence-corrected chi connectivity index (χ0v) is 15.7. The van der Waals surface area contributed by atoms with Gasteiger partial charge in [0.1, 0.15) is 5.82 Å². The van der Waals surface area contributed by atoms with E-state index in [1.54, 1.807) is 37.4 Å². The van der Waals surface area contributed by atoms with E-state index in [0.29, 0.717) is 30.5 Å². The van der Waals surface area contributed by atoms with Gasteiger partial charge in [-0.05, 0) is 49.6 Å². The Hall–Kier alpha value is -2.25. The van der Waals surface area contributed by atoms with E-state index < -0.39 is 10.0 Å². The van der Waals surface area contributed by atoms with E-state index in [4.69, 9.17) is 0 Å². The number of benzene rings is 2. The predicted octanol–water partition coefficient (Wildman–Crippen LogP) is 2.83. The van der Waals surface area contributed by atoms with Gasteiger partial charge >= 0.3 is 0 Å². The third kappa shape index (κ3) is 5.12. The molecule has 0 aliphatic rings. The highest BCUT2D eigenvalue weighted by Crippen LogP contribution is 2.14. The summed E-state index contributed by atoms with van der Waals surface area (Å²) in [7, 11) is -2.07. The standard InChI is InChI=1S/C19H23FN2O3S/c1-3-22(2)19(23)16-9-6-11-17(14-16)26(24,25)21-13-7-10-15-8-4-5-12-18(15)20/h4-6,8-9,11-12,14,21H,3,7,10,13H2,1-2H3. The molecule has 0 aliphatic heterocycles. The van der Waals surface area contributed by atoms with Gasteiger partial charge in [-0.3, -0.25) is 4.79 Å². The van der Waals surface area contributed by atoms with Gasteiger partial charge in [-0.15, -0.1) is 0 Å². The van der Waals surface area contributed by atoms with Crippen molar-refractivity contribution in [2.75, 3.05) is 20.1 Å². The fourth-order valence-electron chi connectivity index (χ4n) is 2.43. The molecule has 0 bridgehead atoms.